The van der Waals surface area contributed by atoms with Gasteiger partial charge in [-0.3, -0.25) is 4.98 Å². The molecule has 0 spiro atoms. The van der Waals surface area contributed by atoms with Crippen molar-refractivity contribution in [3.63, 3.8) is 0 Å². The van der Waals surface area contributed by atoms with E-state index >= 15 is 0 Å². The van der Waals surface area contributed by atoms with Crippen LogP contribution in [0.1, 0.15) is 18.5 Å². The van der Waals surface area contributed by atoms with Crippen molar-refractivity contribution in [3.8, 4) is 0 Å². The van der Waals surface area contributed by atoms with Gasteiger partial charge in [-0.1, -0.05) is 6.07 Å². The summed E-state index contributed by atoms with van der Waals surface area (Å²) in [6.07, 6.45) is 4.86. The van der Waals surface area contributed by atoms with E-state index in [1.54, 1.807) is 6.20 Å². The summed E-state index contributed by atoms with van der Waals surface area (Å²) in [5.41, 5.74) is 1.07. The summed E-state index contributed by atoms with van der Waals surface area (Å²) >= 11 is 0. The van der Waals surface area contributed by atoms with Crippen molar-refractivity contribution < 1.29 is 9.84 Å². The number of nitrogens with one attached hydrogen (secondary N) is 1. The van der Waals surface area contributed by atoms with Gasteiger partial charge in [-0.05, 0) is 30.9 Å². The van der Waals surface area contributed by atoms with Gasteiger partial charge in [-0.25, -0.2) is 0 Å². The number of aliphatic hydroxyl groups excluding tert-OH is 1. The Bertz CT molecular complexity index is 328. The van der Waals surface area contributed by atoms with Crippen molar-refractivity contribution in [1.82, 2.24) is 10.3 Å². The van der Waals surface area contributed by atoms with E-state index in [1.807, 2.05) is 18.2 Å². The van der Waals surface area contributed by atoms with Gasteiger partial charge in [-0.2, -0.15) is 0 Å². The number of aliphatic hydroxyl groups is 1. The SMILES string of the molecule is OC(CNCCc1ccccn1)COCC1CC1. The second kappa shape index (κ2) is 7.46. The van der Waals surface area contributed by atoms with Crippen LogP contribution in [0.4, 0.5) is 0 Å². The van der Waals surface area contributed by atoms with Crippen LogP contribution in [0.25, 0.3) is 0 Å². The maximum Gasteiger partial charge on any atom is 0.0897 e. The van der Waals surface area contributed by atoms with Crippen molar-refractivity contribution in [2.45, 2.75) is 25.4 Å². The van der Waals surface area contributed by atoms with Crippen molar-refractivity contribution in [3.05, 3.63) is 30.1 Å². The van der Waals surface area contributed by atoms with Gasteiger partial charge >= 0.3 is 0 Å². The number of ether oxygens (including phenoxy) is 1. The van der Waals surface area contributed by atoms with Crippen LogP contribution >= 0.6 is 0 Å². The van der Waals surface area contributed by atoms with Crippen LogP contribution in [0.3, 0.4) is 0 Å². The molecule has 1 aliphatic rings. The molecule has 0 saturated heterocycles. The fraction of sp³-hybridized carbons (Fsp3) is 0.643. The number of rotatable bonds is 9. The minimum absolute atomic E-state index is 0.410. The molecule has 0 aliphatic heterocycles. The Morgan fingerprint density at radius 2 is 2.33 bits per heavy atom. The molecule has 4 heteroatoms. The number of hydrogen-bond acceptors (Lipinski definition) is 4. The number of nitrogens with zero attached hydrogens (tertiary/aromatic N) is 1. The lowest BCUT2D eigenvalue weighted by atomic mass is 10.2. The maximum atomic E-state index is 9.68. The highest BCUT2D eigenvalue weighted by Gasteiger charge is 2.21. The number of hydrogen-bond donors (Lipinski definition) is 2. The second-order valence-electron chi connectivity index (χ2n) is 4.91. The van der Waals surface area contributed by atoms with E-state index in [4.69, 9.17) is 4.74 Å². The first-order valence-electron chi connectivity index (χ1n) is 6.71. The molecule has 0 amide bonds. The highest BCUT2D eigenvalue weighted by Crippen LogP contribution is 2.28. The molecule has 1 atom stereocenters. The van der Waals surface area contributed by atoms with Crippen LogP contribution in [0, 0.1) is 5.92 Å². The van der Waals surface area contributed by atoms with E-state index in [0.29, 0.717) is 13.2 Å². The maximum absolute atomic E-state index is 9.68. The topological polar surface area (TPSA) is 54.4 Å². The number of pyridine rings is 1. The summed E-state index contributed by atoms with van der Waals surface area (Å²) in [4.78, 5) is 4.24. The second-order valence-corrected chi connectivity index (χ2v) is 4.91. The largest absolute Gasteiger partial charge is 0.389 e. The van der Waals surface area contributed by atoms with Crippen LogP contribution in [0.15, 0.2) is 24.4 Å². The minimum atomic E-state index is -0.410. The molecule has 4 nitrogen and oxygen atoms in total. The highest BCUT2D eigenvalue weighted by molar-refractivity contribution is 5.03. The quantitative estimate of drug-likeness (QED) is 0.642. The highest BCUT2D eigenvalue weighted by atomic mass is 16.5. The normalized spacial score (nSPS) is 16.7. The van der Waals surface area contributed by atoms with Crippen molar-refractivity contribution in [2.24, 2.45) is 5.92 Å². The monoisotopic (exact) mass is 250 g/mol. The van der Waals surface area contributed by atoms with Crippen LogP contribution in [-0.4, -0.2) is 42.5 Å². The Morgan fingerprint density at radius 1 is 1.44 bits per heavy atom. The van der Waals surface area contributed by atoms with E-state index in [2.05, 4.69) is 10.3 Å². The van der Waals surface area contributed by atoms with Gasteiger partial charge < -0.3 is 15.2 Å². The fourth-order valence-electron chi connectivity index (χ4n) is 1.75. The standard InChI is InChI=1S/C14H22N2O2/c17-14(11-18-10-12-4-5-12)9-15-8-6-13-3-1-2-7-16-13/h1-3,7,12,14-15,17H,4-6,8-11H2. The lowest BCUT2D eigenvalue weighted by molar-refractivity contribution is 0.0327. The first-order valence-corrected chi connectivity index (χ1v) is 6.71. The summed E-state index contributed by atoms with van der Waals surface area (Å²) in [6.45, 7) is 2.66. The van der Waals surface area contributed by atoms with Crippen molar-refractivity contribution in [1.29, 1.82) is 0 Å². The average molecular weight is 250 g/mol. The third-order valence-electron chi connectivity index (χ3n) is 3.02. The van der Waals surface area contributed by atoms with Crippen molar-refractivity contribution >= 4 is 0 Å². The number of aromatic nitrogens is 1. The lowest BCUT2D eigenvalue weighted by Crippen LogP contribution is -2.32. The van der Waals surface area contributed by atoms with Crippen molar-refractivity contribution in [2.75, 3.05) is 26.3 Å². The molecule has 2 N–H and O–H groups in total. The van der Waals surface area contributed by atoms with Crippen LogP contribution in [0.2, 0.25) is 0 Å². The molecule has 1 aromatic heterocycles. The molecule has 0 aromatic carbocycles. The zero-order chi connectivity index (χ0) is 12.6. The van der Waals surface area contributed by atoms with E-state index in [1.165, 1.54) is 12.8 Å². The Labute approximate surface area is 108 Å². The van der Waals surface area contributed by atoms with E-state index < -0.39 is 6.10 Å². The molecule has 0 bridgehead atoms. The zero-order valence-electron chi connectivity index (χ0n) is 10.7. The molecule has 1 aromatic rings. The first-order chi connectivity index (χ1) is 8.84. The molecule has 1 heterocycles. The molecule has 1 unspecified atom stereocenters. The summed E-state index contributed by atoms with van der Waals surface area (Å²) in [5, 5.41) is 12.9. The van der Waals surface area contributed by atoms with Gasteiger partial charge in [0.25, 0.3) is 0 Å². The summed E-state index contributed by atoms with van der Waals surface area (Å²) in [5.74, 6) is 0.759. The van der Waals surface area contributed by atoms with Gasteiger partial charge in [0, 0.05) is 38.0 Å². The van der Waals surface area contributed by atoms with Gasteiger partial charge in [0.15, 0.2) is 0 Å². The van der Waals surface area contributed by atoms with E-state index in [-0.39, 0.29) is 0 Å². The Hall–Kier alpha value is -0.970. The van der Waals surface area contributed by atoms with E-state index in [9.17, 15) is 5.11 Å². The Balaban J connectivity index is 1.46. The van der Waals surface area contributed by atoms with Crippen LogP contribution in [0.5, 0.6) is 0 Å². The Morgan fingerprint density at radius 3 is 3.06 bits per heavy atom. The lowest BCUT2D eigenvalue weighted by Gasteiger charge is -2.12. The van der Waals surface area contributed by atoms with Crippen LogP contribution < -0.4 is 5.32 Å². The first kappa shape index (κ1) is 13.5. The molecular weight excluding hydrogens is 228 g/mol. The molecule has 1 saturated carbocycles. The van der Waals surface area contributed by atoms with Gasteiger partial charge in [0.2, 0.25) is 0 Å². The third kappa shape index (κ3) is 5.58. The van der Waals surface area contributed by atoms with Gasteiger partial charge in [0.1, 0.15) is 0 Å². The molecule has 2 rings (SSSR count). The summed E-state index contributed by atoms with van der Waals surface area (Å²) in [6, 6.07) is 5.91. The smallest absolute Gasteiger partial charge is 0.0897 e. The molecule has 18 heavy (non-hydrogen) atoms. The molecular formula is C14H22N2O2. The van der Waals surface area contributed by atoms with Crippen LogP contribution in [-0.2, 0) is 11.2 Å². The minimum Gasteiger partial charge on any atom is -0.389 e. The summed E-state index contributed by atoms with van der Waals surface area (Å²) in [7, 11) is 0. The molecule has 100 valence electrons. The average Bonchev–Trinajstić information content (AvgIpc) is 3.20. The van der Waals surface area contributed by atoms with Gasteiger partial charge in [-0.15, -0.1) is 0 Å². The predicted molar refractivity (Wildman–Crippen MR) is 70.4 cm³/mol. The van der Waals surface area contributed by atoms with E-state index in [0.717, 1.165) is 31.2 Å². The molecule has 1 fully saturated rings. The molecule has 1 aliphatic carbocycles. The zero-order valence-corrected chi connectivity index (χ0v) is 10.7. The molecule has 0 radical (unpaired) electrons. The summed E-state index contributed by atoms with van der Waals surface area (Å²) < 4.78 is 5.43. The fourth-order valence-corrected chi connectivity index (χ4v) is 1.75. The van der Waals surface area contributed by atoms with Gasteiger partial charge in [0.05, 0.1) is 12.7 Å². The Kier molecular flexibility index (Phi) is 5.58. The predicted octanol–water partition coefficient (Wildman–Crippen LogP) is 1.00. The third-order valence-corrected chi connectivity index (χ3v) is 3.02.